The predicted octanol–water partition coefficient (Wildman–Crippen LogP) is 0.351. The van der Waals surface area contributed by atoms with E-state index < -0.39 is 0 Å². The first kappa shape index (κ1) is 4.61. The fourth-order valence-corrected chi connectivity index (χ4v) is 0.289. The molecule has 1 aromatic heterocycles. The number of nitrogens with zero attached hydrogens (tertiary/aromatic N) is 6. The van der Waals surface area contributed by atoms with Gasteiger partial charge in [-0.3, -0.25) is 0 Å². The molecule has 0 saturated heterocycles. The number of azide groups is 1. The van der Waals surface area contributed by atoms with Gasteiger partial charge < -0.3 is 0 Å². The molecule has 0 atom stereocenters. The van der Waals surface area contributed by atoms with E-state index in [1.807, 2.05) is 0 Å². The average Bonchev–Trinajstić information content (AvgIpc) is 2.19. The summed E-state index contributed by atoms with van der Waals surface area (Å²) in [6.45, 7) is 0. The van der Waals surface area contributed by atoms with Crippen molar-refractivity contribution in [3.8, 4) is 0 Å². The molecule has 40 valence electrons. The Balaban J connectivity index is 2.93. The van der Waals surface area contributed by atoms with E-state index in [1.54, 1.807) is 0 Å². The van der Waals surface area contributed by atoms with Gasteiger partial charge in [0.2, 0.25) is 6.33 Å². The monoisotopic (exact) mass is 110 g/mol. The summed E-state index contributed by atoms with van der Waals surface area (Å²) >= 11 is 0. The molecule has 0 aromatic carbocycles. The van der Waals surface area contributed by atoms with Crippen LogP contribution in [0.4, 0.5) is 0 Å². The maximum absolute atomic E-state index is 7.81. The third-order valence-electron chi connectivity index (χ3n) is 0.538. The lowest BCUT2D eigenvalue weighted by atomic mass is 11.3. The van der Waals surface area contributed by atoms with Crippen molar-refractivity contribution in [3.05, 3.63) is 23.1 Å². The Morgan fingerprint density at radius 2 is 2.62 bits per heavy atom. The van der Waals surface area contributed by atoms with Gasteiger partial charge >= 0.3 is 0 Å². The first-order valence-corrected chi connectivity index (χ1v) is 1.83. The summed E-state index contributed by atoms with van der Waals surface area (Å²) in [5.41, 5.74) is 7.81. The highest BCUT2D eigenvalue weighted by Gasteiger charge is 1.83. The third-order valence-corrected chi connectivity index (χ3v) is 0.538. The number of aromatic nitrogens is 3. The summed E-state index contributed by atoms with van der Waals surface area (Å²) in [5.74, 6) is 0. The van der Waals surface area contributed by atoms with Crippen molar-refractivity contribution in [2.75, 3.05) is 0 Å². The van der Waals surface area contributed by atoms with Gasteiger partial charge in [0.15, 0.2) is 6.33 Å². The zero-order chi connectivity index (χ0) is 5.82. The van der Waals surface area contributed by atoms with E-state index in [2.05, 4.69) is 20.2 Å². The lowest BCUT2D eigenvalue weighted by Crippen LogP contribution is -1.82. The standard InChI is InChI=1S/C2H2N6/c3-6-7-8-2-4-1-5-8/h1-2H. The molecule has 0 bridgehead atoms. The second-order valence-electron chi connectivity index (χ2n) is 0.995. The van der Waals surface area contributed by atoms with Crippen LogP contribution in [0.1, 0.15) is 0 Å². The molecule has 0 radical (unpaired) electrons. The van der Waals surface area contributed by atoms with Crippen LogP contribution in [-0.4, -0.2) is 14.9 Å². The Morgan fingerprint density at radius 3 is 3.12 bits per heavy atom. The molecule has 6 heteroatoms. The Morgan fingerprint density at radius 1 is 1.75 bits per heavy atom. The highest BCUT2D eigenvalue weighted by molar-refractivity contribution is 4.53. The molecule has 1 rings (SSSR count). The summed E-state index contributed by atoms with van der Waals surface area (Å²) < 4.78 is 0. The lowest BCUT2D eigenvalue weighted by Gasteiger charge is -1.71. The van der Waals surface area contributed by atoms with Gasteiger partial charge in [0, 0.05) is 5.22 Å². The minimum atomic E-state index is 1.03. The van der Waals surface area contributed by atoms with Crippen LogP contribution in [0.2, 0.25) is 0 Å². The van der Waals surface area contributed by atoms with E-state index in [0.29, 0.717) is 0 Å². The van der Waals surface area contributed by atoms with Crippen molar-refractivity contribution in [2.24, 2.45) is 5.22 Å². The van der Waals surface area contributed by atoms with Gasteiger partial charge in [-0.15, -0.1) is 5.53 Å². The second-order valence-corrected chi connectivity index (χ2v) is 0.995. The van der Waals surface area contributed by atoms with E-state index >= 15 is 0 Å². The summed E-state index contributed by atoms with van der Waals surface area (Å²) in [5, 5.41) is 6.58. The summed E-state index contributed by atoms with van der Waals surface area (Å²) in [4.78, 5) is 7.02. The minimum absolute atomic E-state index is 1.03. The van der Waals surface area contributed by atoms with Crippen molar-refractivity contribution in [3.63, 3.8) is 0 Å². The molecule has 1 aromatic rings. The number of hydrogen-bond acceptors (Lipinski definition) is 3. The van der Waals surface area contributed by atoms with Gasteiger partial charge in [0.25, 0.3) is 0 Å². The molecule has 0 unspecified atom stereocenters. The normalized spacial score (nSPS) is 8.00. The predicted molar refractivity (Wildman–Crippen MR) is 24.6 cm³/mol. The van der Waals surface area contributed by atoms with Gasteiger partial charge in [-0.05, 0) is 0 Å². The Kier molecular flexibility index (Phi) is 1.12. The Hall–Kier alpha value is -1.55. The molecule has 0 fully saturated rings. The molecule has 0 aliphatic rings. The minimum Gasteiger partial charge on any atom is -0.198 e. The molecule has 0 amide bonds. The van der Waals surface area contributed by atoms with Gasteiger partial charge in [-0.1, -0.05) is 9.89 Å². The van der Waals surface area contributed by atoms with Gasteiger partial charge in [0.05, 0.1) is 0 Å². The molecule has 0 saturated carbocycles. The molecular formula is C2H2N6. The van der Waals surface area contributed by atoms with Crippen LogP contribution in [0.15, 0.2) is 17.9 Å². The highest BCUT2D eigenvalue weighted by Crippen LogP contribution is 1.75. The summed E-state index contributed by atoms with van der Waals surface area (Å²) in [6.07, 6.45) is 2.59. The van der Waals surface area contributed by atoms with Crippen molar-refractivity contribution in [1.29, 1.82) is 0 Å². The van der Waals surface area contributed by atoms with Gasteiger partial charge in [-0.2, -0.15) is 9.90 Å². The summed E-state index contributed by atoms with van der Waals surface area (Å²) in [7, 11) is 0. The second kappa shape index (κ2) is 1.94. The van der Waals surface area contributed by atoms with Crippen LogP contribution < -0.4 is 0 Å². The molecule has 0 aliphatic heterocycles. The molecule has 8 heavy (non-hydrogen) atoms. The number of hydrogen-bond donors (Lipinski definition) is 0. The van der Waals surface area contributed by atoms with Crippen LogP contribution in [-0.2, 0) is 0 Å². The molecule has 0 aliphatic carbocycles. The van der Waals surface area contributed by atoms with Crippen LogP contribution in [0.3, 0.4) is 0 Å². The first-order valence-electron chi connectivity index (χ1n) is 1.83. The number of rotatable bonds is 1. The van der Waals surface area contributed by atoms with E-state index in [0.717, 1.165) is 4.79 Å². The van der Waals surface area contributed by atoms with Crippen molar-refractivity contribution in [1.82, 2.24) is 14.9 Å². The van der Waals surface area contributed by atoms with Crippen molar-refractivity contribution >= 4 is 0 Å². The maximum atomic E-state index is 7.81. The largest absolute Gasteiger partial charge is 0.216 e. The average molecular weight is 110 g/mol. The zero-order valence-electron chi connectivity index (χ0n) is 3.84. The Bertz CT molecular complexity index is 192. The quantitative estimate of drug-likeness (QED) is 0.297. The van der Waals surface area contributed by atoms with Crippen LogP contribution in [0.5, 0.6) is 0 Å². The topological polar surface area (TPSA) is 79.5 Å². The molecule has 6 nitrogen and oxygen atoms in total. The zero-order valence-corrected chi connectivity index (χ0v) is 3.84. The smallest absolute Gasteiger partial charge is 0.198 e. The maximum Gasteiger partial charge on any atom is 0.216 e. The van der Waals surface area contributed by atoms with Crippen LogP contribution in [0.25, 0.3) is 10.4 Å². The van der Waals surface area contributed by atoms with Crippen LogP contribution >= 0.6 is 0 Å². The Labute approximate surface area is 44.4 Å². The third kappa shape index (κ3) is 0.742. The highest BCUT2D eigenvalue weighted by atomic mass is 15.6. The van der Waals surface area contributed by atoms with E-state index in [-0.39, 0.29) is 0 Å². The van der Waals surface area contributed by atoms with Gasteiger partial charge in [-0.25, -0.2) is 0 Å². The molecule has 0 spiro atoms. The van der Waals surface area contributed by atoms with E-state index in [4.69, 9.17) is 5.53 Å². The molecule has 0 N–H and O–H groups in total. The van der Waals surface area contributed by atoms with Crippen molar-refractivity contribution in [2.45, 2.75) is 0 Å². The van der Waals surface area contributed by atoms with Gasteiger partial charge in [0.1, 0.15) is 0 Å². The SMILES string of the molecule is [N-]=[N+]=Nn1cncn1. The molecular weight excluding hydrogens is 108 g/mol. The van der Waals surface area contributed by atoms with E-state index in [9.17, 15) is 0 Å². The van der Waals surface area contributed by atoms with Crippen LogP contribution in [0, 0.1) is 0 Å². The first-order chi connectivity index (χ1) is 3.93. The van der Waals surface area contributed by atoms with Crippen molar-refractivity contribution < 1.29 is 0 Å². The fraction of sp³-hybridized carbons (Fsp3) is 0. The summed E-state index contributed by atoms with van der Waals surface area (Å²) in [6, 6.07) is 0. The lowest BCUT2D eigenvalue weighted by molar-refractivity contribution is 0.727. The van der Waals surface area contributed by atoms with E-state index in [1.165, 1.54) is 12.7 Å². The fourth-order valence-electron chi connectivity index (χ4n) is 0.289. The molecule has 1 heterocycles.